The summed E-state index contributed by atoms with van der Waals surface area (Å²) in [5, 5.41) is 14.0. The van der Waals surface area contributed by atoms with Crippen molar-refractivity contribution < 1.29 is 29.0 Å². The van der Waals surface area contributed by atoms with Gasteiger partial charge in [0.05, 0.1) is 26.7 Å². The van der Waals surface area contributed by atoms with E-state index in [2.05, 4.69) is 10.6 Å². The summed E-state index contributed by atoms with van der Waals surface area (Å²) in [7, 11) is 2.95. The summed E-state index contributed by atoms with van der Waals surface area (Å²) >= 11 is 0. The van der Waals surface area contributed by atoms with Crippen molar-refractivity contribution in [3.05, 3.63) is 23.8 Å². The number of carbonyl (C=O) groups is 3. The van der Waals surface area contributed by atoms with Crippen LogP contribution in [0.25, 0.3) is 0 Å². The van der Waals surface area contributed by atoms with Crippen LogP contribution >= 0.6 is 0 Å². The van der Waals surface area contributed by atoms with Crippen molar-refractivity contribution >= 4 is 17.8 Å². The summed E-state index contributed by atoms with van der Waals surface area (Å²) in [5.41, 5.74) is 0.319. The van der Waals surface area contributed by atoms with Crippen molar-refractivity contribution in [3.8, 4) is 11.5 Å². The van der Waals surface area contributed by atoms with Crippen LogP contribution in [0.15, 0.2) is 18.2 Å². The molecule has 2 amide bonds. The Kier molecular flexibility index (Phi) is 8.25. The minimum Gasteiger partial charge on any atom is -0.493 e. The van der Waals surface area contributed by atoms with Gasteiger partial charge in [0, 0.05) is 12.1 Å². The van der Waals surface area contributed by atoms with Crippen LogP contribution in [-0.2, 0) is 9.59 Å². The van der Waals surface area contributed by atoms with Gasteiger partial charge in [-0.05, 0) is 24.6 Å². The number of benzene rings is 1. The van der Waals surface area contributed by atoms with E-state index in [1.165, 1.54) is 20.3 Å². The van der Waals surface area contributed by atoms with E-state index in [9.17, 15) is 14.4 Å². The Balaban J connectivity index is 2.53. The number of carboxylic acid groups (broad SMARTS) is 1. The lowest BCUT2D eigenvalue weighted by molar-refractivity contribution is -0.141. The summed E-state index contributed by atoms with van der Waals surface area (Å²) < 4.78 is 10.2. The van der Waals surface area contributed by atoms with E-state index in [4.69, 9.17) is 14.6 Å². The molecule has 1 aromatic rings. The number of rotatable bonds is 10. The molecule has 0 aliphatic carbocycles. The Morgan fingerprint density at radius 3 is 2.36 bits per heavy atom. The minimum absolute atomic E-state index is 0.0359. The fourth-order valence-electron chi connectivity index (χ4n) is 2.20. The van der Waals surface area contributed by atoms with E-state index in [1.54, 1.807) is 12.1 Å². The second kappa shape index (κ2) is 10.2. The Morgan fingerprint density at radius 2 is 1.80 bits per heavy atom. The smallest absolute Gasteiger partial charge is 0.308 e. The maximum atomic E-state index is 12.1. The molecule has 0 spiro atoms. The maximum Gasteiger partial charge on any atom is 0.308 e. The average molecular weight is 352 g/mol. The van der Waals surface area contributed by atoms with Crippen LogP contribution < -0.4 is 20.1 Å². The topological polar surface area (TPSA) is 114 Å². The highest BCUT2D eigenvalue weighted by Gasteiger charge is 2.17. The summed E-state index contributed by atoms with van der Waals surface area (Å²) in [6.07, 6.45) is 1.19. The molecule has 1 unspecified atom stereocenters. The second-order valence-electron chi connectivity index (χ2n) is 5.38. The standard InChI is InChI=1S/C17H24N2O6/c1-4-5-12(17(22)23)9-18-15(20)10-19-16(21)11-6-7-13(24-2)14(8-11)25-3/h6-8,12H,4-5,9-10H2,1-3H3,(H,18,20)(H,19,21)(H,22,23). The normalized spacial score (nSPS) is 11.3. The van der Waals surface area contributed by atoms with Crippen molar-refractivity contribution in [2.45, 2.75) is 19.8 Å². The molecule has 25 heavy (non-hydrogen) atoms. The van der Waals surface area contributed by atoms with Gasteiger partial charge < -0.3 is 25.2 Å². The molecule has 138 valence electrons. The maximum absolute atomic E-state index is 12.1. The Morgan fingerprint density at radius 1 is 1.12 bits per heavy atom. The Bertz CT molecular complexity index is 617. The van der Waals surface area contributed by atoms with Crippen LogP contribution in [0.3, 0.4) is 0 Å². The predicted molar refractivity (Wildman–Crippen MR) is 90.9 cm³/mol. The van der Waals surface area contributed by atoms with E-state index < -0.39 is 23.7 Å². The van der Waals surface area contributed by atoms with Gasteiger partial charge in [0.25, 0.3) is 5.91 Å². The molecule has 8 heteroatoms. The molecule has 0 heterocycles. The molecular weight excluding hydrogens is 328 g/mol. The zero-order chi connectivity index (χ0) is 18.8. The lowest BCUT2D eigenvalue weighted by atomic mass is 10.0. The van der Waals surface area contributed by atoms with Crippen molar-refractivity contribution in [2.75, 3.05) is 27.3 Å². The van der Waals surface area contributed by atoms with Gasteiger partial charge in [-0.3, -0.25) is 14.4 Å². The highest BCUT2D eigenvalue weighted by atomic mass is 16.5. The molecule has 0 saturated heterocycles. The molecule has 0 saturated carbocycles. The molecule has 0 fully saturated rings. The Hall–Kier alpha value is -2.77. The van der Waals surface area contributed by atoms with Crippen LogP contribution in [0.5, 0.6) is 11.5 Å². The molecule has 1 atom stereocenters. The van der Waals surface area contributed by atoms with Crippen LogP contribution in [0.2, 0.25) is 0 Å². The molecule has 1 aromatic carbocycles. The van der Waals surface area contributed by atoms with Gasteiger partial charge in [-0.15, -0.1) is 0 Å². The third-order valence-corrected chi connectivity index (χ3v) is 3.59. The number of amides is 2. The van der Waals surface area contributed by atoms with Gasteiger partial charge in [-0.2, -0.15) is 0 Å². The highest BCUT2D eigenvalue weighted by Crippen LogP contribution is 2.27. The van der Waals surface area contributed by atoms with Gasteiger partial charge in [0.15, 0.2) is 11.5 Å². The Labute approximate surface area is 146 Å². The lowest BCUT2D eigenvalue weighted by Crippen LogP contribution is -2.40. The van der Waals surface area contributed by atoms with Gasteiger partial charge in [0.1, 0.15) is 0 Å². The second-order valence-corrected chi connectivity index (χ2v) is 5.38. The first kappa shape index (κ1) is 20.3. The molecule has 0 aromatic heterocycles. The fraction of sp³-hybridized carbons (Fsp3) is 0.471. The first-order chi connectivity index (χ1) is 11.9. The van der Waals surface area contributed by atoms with Gasteiger partial charge >= 0.3 is 5.97 Å². The molecular formula is C17H24N2O6. The SMILES string of the molecule is CCCC(CNC(=O)CNC(=O)c1ccc(OC)c(OC)c1)C(=O)O. The number of hydrogen-bond acceptors (Lipinski definition) is 5. The summed E-state index contributed by atoms with van der Waals surface area (Å²) in [4.78, 5) is 34.9. The quantitative estimate of drug-likeness (QED) is 0.580. The zero-order valence-corrected chi connectivity index (χ0v) is 14.6. The molecule has 1 rings (SSSR count). The van der Waals surface area contributed by atoms with Crippen molar-refractivity contribution in [2.24, 2.45) is 5.92 Å². The molecule has 0 radical (unpaired) electrons. The van der Waals surface area contributed by atoms with E-state index in [1.807, 2.05) is 6.92 Å². The largest absolute Gasteiger partial charge is 0.493 e. The first-order valence-corrected chi connectivity index (χ1v) is 7.92. The van der Waals surface area contributed by atoms with Gasteiger partial charge in [-0.1, -0.05) is 13.3 Å². The molecule has 0 aliphatic rings. The van der Waals surface area contributed by atoms with Crippen LogP contribution in [0.4, 0.5) is 0 Å². The monoisotopic (exact) mass is 352 g/mol. The third kappa shape index (κ3) is 6.33. The average Bonchev–Trinajstić information content (AvgIpc) is 2.62. The van der Waals surface area contributed by atoms with Crippen molar-refractivity contribution in [3.63, 3.8) is 0 Å². The van der Waals surface area contributed by atoms with E-state index in [0.29, 0.717) is 29.9 Å². The predicted octanol–water partition coefficient (Wildman–Crippen LogP) is 1.05. The lowest BCUT2D eigenvalue weighted by Gasteiger charge is -2.13. The minimum atomic E-state index is -0.948. The molecule has 3 N–H and O–H groups in total. The van der Waals surface area contributed by atoms with Gasteiger partial charge in [-0.25, -0.2) is 0 Å². The number of nitrogens with one attached hydrogen (secondary N) is 2. The van der Waals surface area contributed by atoms with E-state index in [-0.39, 0.29) is 13.1 Å². The first-order valence-electron chi connectivity index (χ1n) is 7.92. The summed E-state index contributed by atoms with van der Waals surface area (Å²) in [6.45, 7) is 1.67. The van der Waals surface area contributed by atoms with Crippen LogP contribution in [0, 0.1) is 5.92 Å². The zero-order valence-electron chi connectivity index (χ0n) is 14.6. The number of hydrogen-bond donors (Lipinski definition) is 3. The van der Waals surface area contributed by atoms with Crippen molar-refractivity contribution in [1.29, 1.82) is 0 Å². The molecule has 0 bridgehead atoms. The molecule has 0 aliphatic heterocycles. The molecule has 8 nitrogen and oxygen atoms in total. The van der Waals surface area contributed by atoms with Crippen LogP contribution in [0.1, 0.15) is 30.1 Å². The van der Waals surface area contributed by atoms with Crippen LogP contribution in [-0.4, -0.2) is 50.2 Å². The number of ether oxygens (including phenoxy) is 2. The van der Waals surface area contributed by atoms with E-state index in [0.717, 1.165) is 0 Å². The van der Waals surface area contributed by atoms with Crippen molar-refractivity contribution in [1.82, 2.24) is 10.6 Å². The fourth-order valence-corrected chi connectivity index (χ4v) is 2.20. The number of carbonyl (C=O) groups excluding carboxylic acids is 2. The number of methoxy groups -OCH3 is 2. The van der Waals surface area contributed by atoms with E-state index >= 15 is 0 Å². The highest BCUT2D eigenvalue weighted by molar-refractivity contribution is 5.97. The third-order valence-electron chi connectivity index (χ3n) is 3.59. The number of carboxylic acids is 1. The number of aliphatic carboxylic acids is 1. The summed E-state index contributed by atoms with van der Waals surface area (Å²) in [5.74, 6) is -1.57. The summed E-state index contributed by atoms with van der Waals surface area (Å²) in [6, 6.07) is 4.65. The van der Waals surface area contributed by atoms with Gasteiger partial charge in [0.2, 0.25) is 5.91 Å².